The lowest BCUT2D eigenvalue weighted by atomic mass is 9.91. The Morgan fingerprint density at radius 1 is 1.27 bits per heavy atom. The maximum absolute atomic E-state index is 13.9. The topological polar surface area (TPSA) is 91.0 Å². The Morgan fingerprint density at radius 3 is 2.67 bits per heavy atom. The fourth-order valence-corrected chi connectivity index (χ4v) is 5.02. The van der Waals surface area contributed by atoms with Crippen molar-refractivity contribution in [2.45, 2.75) is 37.4 Å². The number of fused-ring (bicyclic) bond motifs is 2. The van der Waals surface area contributed by atoms with Crippen LogP contribution in [0.3, 0.4) is 0 Å². The Labute approximate surface area is 177 Å². The molecule has 2 fully saturated rings. The highest BCUT2D eigenvalue weighted by Gasteiger charge is 2.43. The average molecular weight is 436 g/mol. The molecule has 1 saturated heterocycles. The number of hydrogen-bond donors (Lipinski definition) is 2. The van der Waals surface area contributed by atoms with E-state index < -0.39 is 11.6 Å². The fraction of sp³-hybridized carbons (Fsp3) is 0.500. The number of likely N-dealkylation sites (tertiary alicyclic amines) is 1. The van der Waals surface area contributed by atoms with Crippen LogP contribution in [0.4, 0.5) is 8.78 Å². The zero-order valence-electron chi connectivity index (χ0n) is 16.5. The van der Waals surface area contributed by atoms with Crippen molar-refractivity contribution in [3.8, 4) is 0 Å². The second-order valence-corrected chi connectivity index (χ2v) is 8.81. The third-order valence-corrected chi connectivity index (χ3v) is 6.64. The van der Waals surface area contributed by atoms with E-state index in [2.05, 4.69) is 20.5 Å². The van der Waals surface area contributed by atoms with E-state index in [-0.39, 0.29) is 47.4 Å². The van der Waals surface area contributed by atoms with Crippen molar-refractivity contribution >= 4 is 23.6 Å². The van der Waals surface area contributed by atoms with Crippen LogP contribution in [-0.4, -0.2) is 56.8 Å². The first kappa shape index (κ1) is 20.8. The van der Waals surface area contributed by atoms with Gasteiger partial charge in [-0.1, -0.05) is 23.9 Å². The largest absolute Gasteiger partial charge is 0.352 e. The summed E-state index contributed by atoms with van der Waals surface area (Å²) in [4.78, 5) is 30.9. The summed E-state index contributed by atoms with van der Waals surface area (Å²) in [7, 11) is 0. The van der Waals surface area contributed by atoms with Gasteiger partial charge in [-0.3, -0.25) is 14.7 Å². The Morgan fingerprint density at radius 2 is 2.00 bits per heavy atom. The van der Waals surface area contributed by atoms with Gasteiger partial charge in [0.05, 0.1) is 12.2 Å². The average Bonchev–Trinajstić information content (AvgIpc) is 3.22. The molecule has 30 heavy (non-hydrogen) atoms. The number of benzene rings is 1. The third-order valence-electron chi connectivity index (χ3n) is 5.80. The van der Waals surface area contributed by atoms with E-state index in [4.69, 9.17) is 0 Å². The summed E-state index contributed by atoms with van der Waals surface area (Å²) in [6.07, 6.45) is 1.70. The lowest BCUT2D eigenvalue weighted by Gasteiger charge is -2.38. The fourth-order valence-electron chi connectivity index (χ4n) is 4.37. The van der Waals surface area contributed by atoms with Crippen LogP contribution in [0.5, 0.6) is 0 Å². The normalized spacial score (nSPS) is 22.9. The predicted octanol–water partition coefficient (Wildman–Crippen LogP) is 2.08. The van der Waals surface area contributed by atoms with Crippen LogP contribution in [0.25, 0.3) is 0 Å². The zero-order valence-corrected chi connectivity index (χ0v) is 17.3. The number of aromatic nitrogens is 3. The number of carbonyl (C=O) groups excluding carboxylic acids is 2. The molecule has 2 amide bonds. The molecule has 10 heteroatoms. The van der Waals surface area contributed by atoms with E-state index in [0.29, 0.717) is 24.1 Å². The molecule has 2 aliphatic rings. The van der Waals surface area contributed by atoms with Crippen molar-refractivity contribution < 1.29 is 18.4 Å². The lowest BCUT2D eigenvalue weighted by molar-refractivity contribution is -0.133. The first-order valence-corrected chi connectivity index (χ1v) is 10.9. The molecule has 2 heterocycles. The van der Waals surface area contributed by atoms with Crippen LogP contribution < -0.4 is 5.32 Å². The number of nitrogens with one attached hydrogen (secondary N) is 2. The van der Waals surface area contributed by atoms with Gasteiger partial charge in [0, 0.05) is 24.7 Å². The molecule has 4 rings (SSSR count). The van der Waals surface area contributed by atoms with Gasteiger partial charge in [-0.25, -0.2) is 13.8 Å². The van der Waals surface area contributed by atoms with Gasteiger partial charge in [-0.15, -0.1) is 5.10 Å². The highest BCUT2D eigenvalue weighted by molar-refractivity contribution is 7.99. The van der Waals surface area contributed by atoms with E-state index in [1.54, 1.807) is 11.8 Å². The minimum Gasteiger partial charge on any atom is -0.352 e. The summed E-state index contributed by atoms with van der Waals surface area (Å²) < 4.78 is 27.3. The van der Waals surface area contributed by atoms with Gasteiger partial charge in [-0.05, 0) is 37.7 Å². The van der Waals surface area contributed by atoms with E-state index >= 15 is 0 Å². The second kappa shape index (κ2) is 8.71. The molecule has 1 aliphatic heterocycles. The summed E-state index contributed by atoms with van der Waals surface area (Å²) in [6, 6.07) is 3.91. The van der Waals surface area contributed by atoms with Crippen LogP contribution in [0.1, 0.15) is 24.2 Å². The summed E-state index contributed by atoms with van der Waals surface area (Å²) >= 11 is 1.27. The number of aryl methyl sites for hydroxylation is 1. The Balaban J connectivity index is 1.31. The minimum atomic E-state index is -0.963. The van der Waals surface area contributed by atoms with Crippen LogP contribution in [0.15, 0.2) is 23.4 Å². The summed E-state index contributed by atoms with van der Waals surface area (Å²) in [5.41, 5.74) is 0.0713. The molecule has 3 atom stereocenters. The molecule has 160 valence electrons. The zero-order chi connectivity index (χ0) is 21.3. The third kappa shape index (κ3) is 4.48. The summed E-state index contributed by atoms with van der Waals surface area (Å²) in [6.45, 7) is 2.83. The van der Waals surface area contributed by atoms with Gasteiger partial charge >= 0.3 is 0 Å². The van der Waals surface area contributed by atoms with Crippen molar-refractivity contribution in [2.75, 3.05) is 18.8 Å². The molecule has 2 bridgehead atoms. The van der Waals surface area contributed by atoms with Gasteiger partial charge in [0.25, 0.3) is 0 Å². The highest BCUT2D eigenvalue weighted by atomic mass is 32.2. The predicted molar refractivity (Wildman–Crippen MR) is 107 cm³/mol. The minimum absolute atomic E-state index is 0.0296. The number of halogens is 2. The Bertz CT molecular complexity index is 939. The lowest BCUT2D eigenvalue weighted by Crippen LogP contribution is -2.54. The summed E-state index contributed by atoms with van der Waals surface area (Å²) in [5, 5.41) is 10.4. The van der Waals surface area contributed by atoms with E-state index in [1.165, 1.54) is 23.9 Å². The van der Waals surface area contributed by atoms with E-state index in [1.807, 2.05) is 0 Å². The quantitative estimate of drug-likeness (QED) is 0.678. The molecule has 0 spiro atoms. The summed E-state index contributed by atoms with van der Waals surface area (Å²) in [5.74, 6) is -0.924. The van der Waals surface area contributed by atoms with Gasteiger partial charge < -0.3 is 10.2 Å². The molecule has 1 saturated carbocycles. The molecular formula is C20H23F2N5O2S. The SMILES string of the molecule is Cc1nc(SCC(=O)NC2[C@@H]3CC[C@H]2CN(C(=O)Cc2cccc(F)c2F)C3)n[nH]1. The number of hydrogen-bond acceptors (Lipinski definition) is 5. The first-order valence-electron chi connectivity index (χ1n) is 9.92. The molecular weight excluding hydrogens is 412 g/mol. The number of carbonyl (C=O) groups is 2. The molecule has 1 aliphatic carbocycles. The van der Waals surface area contributed by atoms with Gasteiger partial charge in [0.2, 0.25) is 17.0 Å². The van der Waals surface area contributed by atoms with Crippen molar-refractivity contribution in [1.82, 2.24) is 25.4 Å². The number of amides is 2. The molecule has 0 radical (unpaired) electrons. The van der Waals surface area contributed by atoms with E-state index in [0.717, 1.165) is 18.9 Å². The molecule has 1 aromatic heterocycles. The van der Waals surface area contributed by atoms with Crippen molar-refractivity contribution in [3.05, 3.63) is 41.2 Å². The molecule has 1 unspecified atom stereocenters. The first-order chi connectivity index (χ1) is 14.4. The van der Waals surface area contributed by atoms with Crippen LogP contribution >= 0.6 is 11.8 Å². The van der Waals surface area contributed by atoms with Crippen LogP contribution in [0, 0.1) is 30.4 Å². The molecule has 7 nitrogen and oxygen atoms in total. The number of aromatic amines is 1. The number of nitrogens with zero attached hydrogens (tertiary/aromatic N) is 3. The number of piperidine rings is 1. The maximum atomic E-state index is 13.9. The number of rotatable bonds is 6. The monoisotopic (exact) mass is 435 g/mol. The number of H-pyrrole nitrogens is 1. The maximum Gasteiger partial charge on any atom is 0.230 e. The van der Waals surface area contributed by atoms with Gasteiger partial charge in [-0.2, -0.15) is 0 Å². The van der Waals surface area contributed by atoms with Gasteiger partial charge in [0.15, 0.2) is 11.6 Å². The molecule has 2 aromatic rings. The number of thioether (sulfide) groups is 1. The van der Waals surface area contributed by atoms with Crippen LogP contribution in [-0.2, 0) is 16.0 Å². The van der Waals surface area contributed by atoms with Crippen LogP contribution in [0.2, 0.25) is 0 Å². The smallest absolute Gasteiger partial charge is 0.230 e. The van der Waals surface area contributed by atoms with Crippen molar-refractivity contribution in [3.63, 3.8) is 0 Å². The van der Waals surface area contributed by atoms with E-state index in [9.17, 15) is 18.4 Å². The van der Waals surface area contributed by atoms with Crippen molar-refractivity contribution in [1.29, 1.82) is 0 Å². The second-order valence-electron chi connectivity index (χ2n) is 7.87. The molecule has 2 N–H and O–H groups in total. The Kier molecular flexibility index (Phi) is 6.03. The van der Waals surface area contributed by atoms with Gasteiger partial charge in [0.1, 0.15) is 5.82 Å². The highest BCUT2D eigenvalue weighted by Crippen LogP contribution is 2.37. The molecule has 1 aromatic carbocycles. The Hall–Kier alpha value is -2.49. The standard InChI is InChI=1S/C20H23F2N5O2S/c1-11-23-20(26-25-11)30-10-16(28)24-19-13-5-6-14(19)9-27(8-13)17(29)7-12-3-2-4-15(21)18(12)22/h2-4,13-14,19H,5-10H2,1H3,(H,24,28)(H,23,25,26)/t13-,14+,19?. The van der Waals surface area contributed by atoms with Crippen molar-refractivity contribution in [2.24, 2.45) is 11.8 Å².